The number of rotatable bonds is 6. The molecule has 0 amide bonds. The van der Waals surface area contributed by atoms with Gasteiger partial charge in [-0.2, -0.15) is 0 Å². The summed E-state index contributed by atoms with van der Waals surface area (Å²) in [6.07, 6.45) is 2.44. The van der Waals surface area contributed by atoms with Crippen LogP contribution in [0.2, 0.25) is 0 Å². The number of halogens is 1. The summed E-state index contributed by atoms with van der Waals surface area (Å²) in [6.45, 7) is 4.52. The van der Waals surface area contributed by atoms with Crippen LogP contribution < -0.4 is 10.1 Å². The van der Waals surface area contributed by atoms with Crippen LogP contribution in [0.5, 0.6) is 5.75 Å². The fourth-order valence-electron chi connectivity index (χ4n) is 2.26. The van der Waals surface area contributed by atoms with Gasteiger partial charge >= 0.3 is 0 Å². The maximum absolute atomic E-state index is 5.22. The highest BCUT2D eigenvalue weighted by atomic mass is 79.9. The van der Waals surface area contributed by atoms with Gasteiger partial charge in [-0.3, -0.25) is 0 Å². The second-order valence-corrected chi connectivity index (χ2v) is 5.27. The largest absolute Gasteiger partial charge is 0.497 e. The maximum atomic E-state index is 5.22. The molecular formula is C14H22BrNO. The Kier molecular flexibility index (Phi) is 6.00. The Morgan fingerprint density at radius 1 is 1.41 bits per heavy atom. The van der Waals surface area contributed by atoms with Gasteiger partial charge in [0.25, 0.3) is 0 Å². The molecule has 1 N–H and O–H groups in total. The van der Waals surface area contributed by atoms with Crippen molar-refractivity contribution in [2.45, 2.75) is 32.7 Å². The Morgan fingerprint density at radius 2 is 2.12 bits per heavy atom. The van der Waals surface area contributed by atoms with Crippen LogP contribution in [-0.2, 0) is 0 Å². The molecule has 0 spiro atoms. The van der Waals surface area contributed by atoms with Crippen molar-refractivity contribution in [1.29, 1.82) is 0 Å². The lowest BCUT2D eigenvalue weighted by Gasteiger charge is -2.25. The lowest BCUT2D eigenvalue weighted by Crippen LogP contribution is -2.23. The lowest BCUT2D eigenvalue weighted by atomic mass is 9.91. The molecule has 0 fully saturated rings. The summed E-state index contributed by atoms with van der Waals surface area (Å²) in [4.78, 5) is 0. The van der Waals surface area contributed by atoms with Crippen molar-refractivity contribution in [3.05, 3.63) is 28.2 Å². The van der Waals surface area contributed by atoms with Gasteiger partial charge in [0, 0.05) is 10.5 Å². The van der Waals surface area contributed by atoms with Gasteiger partial charge in [-0.25, -0.2) is 0 Å². The monoisotopic (exact) mass is 299 g/mol. The number of hydrogen-bond donors (Lipinski definition) is 1. The van der Waals surface area contributed by atoms with E-state index in [0.717, 1.165) is 10.2 Å². The van der Waals surface area contributed by atoms with Crippen molar-refractivity contribution in [2.24, 2.45) is 5.92 Å². The summed E-state index contributed by atoms with van der Waals surface area (Å²) in [6, 6.07) is 6.56. The fourth-order valence-corrected chi connectivity index (χ4v) is 2.86. The van der Waals surface area contributed by atoms with Gasteiger partial charge in [-0.15, -0.1) is 0 Å². The second kappa shape index (κ2) is 7.02. The summed E-state index contributed by atoms with van der Waals surface area (Å²) in [7, 11) is 3.71. The molecule has 2 atom stereocenters. The third kappa shape index (κ3) is 3.71. The molecule has 2 unspecified atom stereocenters. The van der Waals surface area contributed by atoms with Crippen molar-refractivity contribution in [3.8, 4) is 5.75 Å². The van der Waals surface area contributed by atoms with E-state index < -0.39 is 0 Å². The first-order chi connectivity index (χ1) is 8.13. The minimum atomic E-state index is 0.384. The Morgan fingerprint density at radius 3 is 2.59 bits per heavy atom. The predicted octanol–water partition coefficient (Wildman–Crippen LogP) is 4.15. The molecule has 0 saturated carbocycles. The van der Waals surface area contributed by atoms with Crippen molar-refractivity contribution in [2.75, 3.05) is 14.2 Å². The standard InChI is InChI=1S/C14H22BrNO/c1-5-6-10(2)14(16-3)12-8-7-11(17-4)9-13(12)15/h7-10,14,16H,5-6H2,1-4H3. The summed E-state index contributed by atoms with van der Waals surface area (Å²) < 4.78 is 6.33. The minimum absolute atomic E-state index is 0.384. The molecule has 0 bridgehead atoms. The van der Waals surface area contributed by atoms with Crippen molar-refractivity contribution in [1.82, 2.24) is 5.32 Å². The zero-order valence-corrected chi connectivity index (χ0v) is 12.7. The zero-order valence-electron chi connectivity index (χ0n) is 11.1. The van der Waals surface area contributed by atoms with Crippen molar-refractivity contribution in [3.63, 3.8) is 0 Å². The van der Waals surface area contributed by atoms with E-state index in [2.05, 4.69) is 41.2 Å². The van der Waals surface area contributed by atoms with Gasteiger partial charge in [0.05, 0.1) is 7.11 Å². The topological polar surface area (TPSA) is 21.3 Å². The smallest absolute Gasteiger partial charge is 0.120 e. The molecule has 3 heteroatoms. The average molecular weight is 300 g/mol. The molecule has 0 heterocycles. The van der Waals surface area contributed by atoms with Crippen LogP contribution in [0.25, 0.3) is 0 Å². The van der Waals surface area contributed by atoms with Crippen LogP contribution in [0.3, 0.4) is 0 Å². The molecule has 1 rings (SSSR count). The quantitative estimate of drug-likeness (QED) is 0.852. The molecule has 1 aromatic rings. The van der Waals surface area contributed by atoms with Crippen molar-refractivity contribution < 1.29 is 4.74 Å². The van der Waals surface area contributed by atoms with Gasteiger partial charge in [0.2, 0.25) is 0 Å². The van der Waals surface area contributed by atoms with E-state index in [9.17, 15) is 0 Å². The normalized spacial score (nSPS) is 14.4. The van der Waals surface area contributed by atoms with Gasteiger partial charge in [-0.1, -0.05) is 42.3 Å². The van der Waals surface area contributed by atoms with E-state index in [1.807, 2.05) is 19.2 Å². The average Bonchev–Trinajstić information content (AvgIpc) is 2.32. The highest BCUT2D eigenvalue weighted by Gasteiger charge is 2.19. The zero-order chi connectivity index (χ0) is 12.8. The third-order valence-electron chi connectivity index (χ3n) is 3.17. The molecule has 0 radical (unpaired) electrons. The van der Waals surface area contributed by atoms with E-state index in [0.29, 0.717) is 12.0 Å². The highest BCUT2D eigenvalue weighted by molar-refractivity contribution is 9.10. The van der Waals surface area contributed by atoms with Crippen LogP contribution in [-0.4, -0.2) is 14.2 Å². The summed E-state index contributed by atoms with van der Waals surface area (Å²) >= 11 is 3.63. The van der Waals surface area contributed by atoms with Crippen LogP contribution in [0.15, 0.2) is 22.7 Å². The van der Waals surface area contributed by atoms with Crippen LogP contribution in [0.4, 0.5) is 0 Å². The van der Waals surface area contributed by atoms with Gasteiger partial charge in [0.1, 0.15) is 5.75 Å². The first kappa shape index (κ1) is 14.5. The molecule has 0 aliphatic rings. The van der Waals surface area contributed by atoms with E-state index in [1.54, 1.807) is 7.11 Å². The first-order valence-corrected chi connectivity index (χ1v) is 6.94. The number of methoxy groups -OCH3 is 1. The summed E-state index contributed by atoms with van der Waals surface area (Å²) in [5, 5.41) is 3.41. The van der Waals surface area contributed by atoms with E-state index >= 15 is 0 Å². The molecule has 0 aliphatic carbocycles. The van der Waals surface area contributed by atoms with Gasteiger partial charge in [0.15, 0.2) is 0 Å². The van der Waals surface area contributed by atoms with E-state index in [1.165, 1.54) is 18.4 Å². The van der Waals surface area contributed by atoms with Crippen LogP contribution >= 0.6 is 15.9 Å². The maximum Gasteiger partial charge on any atom is 0.120 e. The molecule has 17 heavy (non-hydrogen) atoms. The number of benzene rings is 1. The Bertz CT molecular complexity index is 354. The van der Waals surface area contributed by atoms with Gasteiger partial charge in [-0.05, 0) is 37.1 Å². The summed E-state index contributed by atoms with van der Waals surface area (Å²) in [5.74, 6) is 1.51. The number of nitrogens with one attached hydrogen (secondary N) is 1. The molecule has 1 aromatic carbocycles. The second-order valence-electron chi connectivity index (χ2n) is 4.42. The number of ether oxygens (including phenoxy) is 1. The molecule has 0 aromatic heterocycles. The molecule has 0 saturated heterocycles. The Balaban J connectivity index is 2.95. The summed E-state index contributed by atoms with van der Waals surface area (Å²) in [5.41, 5.74) is 1.30. The SMILES string of the molecule is CCCC(C)C(NC)c1ccc(OC)cc1Br. The first-order valence-electron chi connectivity index (χ1n) is 6.14. The minimum Gasteiger partial charge on any atom is -0.497 e. The third-order valence-corrected chi connectivity index (χ3v) is 3.85. The number of hydrogen-bond acceptors (Lipinski definition) is 2. The highest BCUT2D eigenvalue weighted by Crippen LogP contribution is 2.32. The van der Waals surface area contributed by atoms with Crippen LogP contribution in [0.1, 0.15) is 38.3 Å². The molecule has 2 nitrogen and oxygen atoms in total. The van der Waals surface area contributed by atoms with Crippen molar-refractivity contribution >= 4 is 15.9 Å². The van der Waals surface area contributed by atoms with Crippen LogP contribution in [0, 0.1) is 5.92 Å². The predicted molar refractivity (Wildman–Crippen MR) is 76.6 cm³/mol. The Labute approximate surface area is 113 Å². The van der Waals surface area contributed by atoms with E-state index in [4.69, 9.17) is 4.74 Å². The molecular weight excluding hydrogens is 278 g/mol. The molecule has 0 aliphatic heterocycles. The van der Waals surface area contributed by atoms with E-state index in [-0.39, 0.29) is 0 Å². The van der Waals surface area contributed by atoms with Gasteiger partial charge < -0.3 is 10.1 Å². The Hall–Kier alpha value is -0.540. The lowest BCUT2D eigenvalue weighted by molar-refractivity contribution is 0.381. The fraction of sp³-hybridized carbons (Fsp3) is 0.571. The molecule has 96 valence electrons.